The van der Waals surface area contributed by atoms with Gasteiger partial charge in [0.1, 0.15) is 0 Å². The van der Waals surface area contributed by atoms with E-state index in [1.165, 1.54) is 88.4 Å². The van der Waals surface area contributed by atoms with Gasteiger partial charge in [0.25, 0.3) is 0 Å². The third-order valence-corrected chi connectivity index (χ3v) is 10.8. The minimum atomic E-state index is 0.151. The monoisotopic (exact) mass is 655 g/mol. The number of aryl methyl sites for hydroxylation is 2. The molecule has 0 bridgehead atoms. The highest BCUT2D eigenvalue weighted by atomic mass is 15.1. The fraction of sp³-hybridized carbons (Fsp3) is 0.120. The molecule has 0 heterocycles. The minimum absolute atomic E-state index is 0.151. The molecule has 9 rings (SSSR count). The van der Waals surface area contributed by atoms with Gasteiger partial charge in [-0.3, -0.25) is 0 Å². The zero-order valence-electron chi connectivity index (χ0n) is 30.0. The highest BCUT2D eigenvalue weighted by Crippen LogP contribution is 2.51. The van der Waals surface area contributed by atoms with Gasteiger partial charge in [0.15, 0.2) is 0 Å². The van der Waals surface area contributed by atoms with Crippen molar-refractivity contribution in [1.82, 2.24) is 0 Å². The average Bonchev–Trinajstić information content (AvgIpc) is 3.15. The number of fused-ring (bicyclic) bond motifs is 6. The minimum Gasteiger partial charge on any atom is -0.310 e. The first-order valence-electron chi connectivity index (χ1n) is 18.0. The molecule has 1 aliphatic rings. The molecule has 0 fully saturated rings. The molecule has 0 aliphatic heterocycles. The van der Waals surface area contributed by atoms with Gasteiger partial charge in [-0.25, -0.2) is 0 Å². The first-order valence-corrected chi connectivity index (χ1v) is 18.0. The quantitative estimate of drug-likeness (QED) is 0.178. The van der Waals surface area contributed by atoms with Crippen LogP contribution in [0, 0.1) is 13.8 Å². The van der Waals surface area contributed by atoms with E-state index in [0.717, 1.165) is 11.4 Å². The number of para-hydroxylation sites is 1. The maximum absolute atomic E-state index is 2.42. The molecule has 0 spiro atoms. The van der Waals surface area contributed by atoms with Crippen molar-refractivity contribution in [2.24, 2.45) is 0 Å². The van der Waals surface area contributed by atoms with Crippen LogP contribution in [-0.2, 0) is 5.41 Å². The van der Waals surface area contributed by atoms with Gasteiger partial charge in [0.05, 0.1) is 5.69 Å². The molecule has 246 valence electrons. The van der Waals surface area contributed by atoms with Crippen molar-refractivity contribution in [1.29, 1.82) is 0 Å². The Hall–Kier alpha value is -5.92. The van der Waals surface area contributed by atoms with E-state index in [0.29, 0.717) is 0 Å². The molecule has 1 nitrogen and oxygen atoms in total. The zero-order valence-corrected chi connectivity index (χ0v) is 30.0. The van der Waals surface area contributed by atoms with Crippen molar-refractivity contribution in [2.75, 3.05) is 4.90 Å². The normalized spacial score (nSPS) is 12.0. The van der Waals surface area contributed by atoms with Crippen LogP contribution in [0.3, 0.4) is 0 Å². The summed E-state index contributed by atoms with van der Waals surface area (Å²) in [5.41, 5.74) is 17.9. The summed E-state index contributed by atoms with van der Waals surface area (Å²) in [5.74, 6) is 0. The molecular weight excluding hydrogens is 615 g/mol. The molecule has 51 heavy (non-hydrogen) atoms. The Kier molecular flexibility index (Phi) is 7.22. The van der Waals surface area contributed by atoms with Gasteiger partial charge in [0.2, 0.25) is 0 Å². The van der Waals surface area contributed by atoms with Crippen LogP contribution in [0.25, 0.3) is 66.1 Å². The Bertz CT molecular complexity index is 2580. The van der Waals surface area contributed by atoms with Crippen molar-refractivity contribution in [3.8, 4) is 44.5 Å². The zero-order chi connectivity index (χ0) is 34.9. The number of benzene rings is 8. The molecule has 0 aromatic heterocycles. The molecule has 1 aliphatic carbocycles. The van der Waals surface area contributed by atoms with Gasteiger partial charge in [-0.05, 0) is 157 Å². The van der Waals surface area contributed by atoms with Gasteiger partial charge in [-0.15, -0.1) is 0 Å². The van der Waals surface area contributed by atoms with E-state index in [1.54, 1.807) is 0 Å². The smallest absolute Gasteiger partial charge is 0.0519 e. The topological polar surface area (TPSA) is 3.24 Å². The fourth-order valence-electron chi connectivity index (χ4n) is 7.89. The highest BCUT2D eigenvalue weighted by molar-refractivity contribution is 6.12. The van der Waals surface area contributed by atoms with E-state index < -0.39 is 0 Å². The van der Waals surface area contributed by atoms with E-state index in [2.05, 4.69) is 197 Å². The summed E-state index contributed by atoms with van der Waals surface area (Å²) in [7, 11) is 0. The van der Waals surface area contributed by atoms with Gasteiger partial charge in [0, 0.05) is 11.4 Å². The van der Waals surface area contributed by atoms with Crippen LogP contribution in [0.15, 0.2) is 158 Å². The van der Waals surface area contributed by atoms with Crippen molar-refractivity contribution in [2.45, 2.75) is 40.0 Å². The summed E-state index contributed by atoms with van der Waals surface area (Å²) < 4.78 is 0. The van der Waals surface area contributed by atoms with Crippen LogP contribution in [0.5, 0.6) is 0 Å². The lowest BCUT2D eigenvalue weighted by atomic mass is 9.77. The number of anilines is 3. The van der Waals surface area contributed by atoms with Crippen molar-refractivity contribution in [3.63, 3.8) is 0 Å². The lowest BCUT2D eigenvalue weighted by molar-refractivity contribution is 0.590. The molecular formula is C50H41N. The summed E-state index contributed by atoms with van der Waals surface area (Å²) in [5, 5.41) is 5.08. The van der Waals surface area contributed by atoms with Crippen LogP contribution >= 0.6 is 0 Å². The summed E-state index contributed by atoms with van der Waals surface area (Å²) >= 11 is 0. The average molecular weight is 656 g/mol. The second kappa shape index (κ2) is 11.9. The summed E-state index contributed by atoms with van der Waals surface area (Å²) in [6.07, 6.45) is 0. The molecule has 1 heteroatoms. The third kappa shape index (κ3) is 5.41. The highest BCUT2D eigenvalue weighted by Gasteiger charge is 2.25. The van der Waals surface area contributed by atoms with E-state index >= 15 is 0 Å². The number of hydrogen-bond acceptors (Lipinski definition) is 1. The maximum atomic E-state index is 2.42. The van der Waals surface area contributed by atoms with Gasteiger partial charge >= 0.3 is 0 Å². The number of nitrogens with zero attached hydrogens (tertiary/aromatic N) is 1. The molecule has 0 amide bonds. The SMILES string of the molecule is Cc1cccc(C)c1N(c1ccc(-c2ccccc2)cc1)c1ccc2cc3c(cc2c1)-c1cc2ccc(-c4ccc(C(C)(C)C)cc4)cc2cc1-3. The summed E-state index contributed by atoms with van der Waals surface area (Å²) in [6, 6.07) is 58.6. The van der Waals surface area contributed by atoms with Crippen LogP contribution in [0.1, 0.15) is 37.5 Å². The molecule has 0 saturated heterocycles. The molecule has 0 N–H and O–H groups in total. The largest absolute Gasteiger partial charge is 0.310 e. The van der Waals surface area contributed by atoms with Gasteiger partial charge in [-0.1, -0.05) is 124 Å². The van der Waals surface area contributed by atoms with Crippen LogP contribution in [0.4, 0.5) is 17.1 Å². The lowest BCUT2D eigenvalue weighted by Crippen LogP contribution is -2.13. The Morgan fingerprint density at radius 1 is 0.373 bits per heavy atom. The Balaban J connectivity index is 1.09. The fourth-order valence-corrected chi connectivity index (χ4v) is 7.89. The van der Waals surface area contributed by atoms with E-state index in [4.69, 9.17) is 0 Å². The van der Waals surface area contributed by atoms with Gasteiger partial charge < -0.3 is 4.90 Å². The Morgan fingerprint density at radius 2 is 0.843 bits per heavy atom. The summed E-state index contributed by atoms with van der Waals surface area (Å²) in [4.78, 5) is 2.42. The van der Waals surface area contributed by atoms with E-state index in [-0.39, 0.29) is 5.41 Å². The van der Waals surface area contributed by atoms with E-state index in [1.807, 2.05) is 0 Å². The van der Waals surface area contributed by atoms with Crippen LogP contribution < -0.4 is 4.90 Å². The Morgan fingerprint density at radius 3 is 1.45 bits per heavy atom. The molecule has 0 atom stereocenters. The van der Waals surface area contributed by atoms with Crippen LogP contribution in [-0.4, -0.2) is 0 Å². The second-order valence-electron chi connectivity index (χ2n) is 15.2. The predicted molar refractivity (Wildman–Crippen MR) is 220 cm³/mol. The Labute approximate surface area is 301 Å². The second-order valence-corrected chi connectivity index (χ2v) is 15.2. The number of rotatable bonds is 5. The lowest BCUT2D eigenvalue weighted by Gasteiger charge is -2.30. The third-order valence-electron chi connectivity index (χ3n) is 10.8. The van der Waals surface area contributed by atoms with Crippen molar-refractivity contribution < 1.29 is 0 Å². The molecule has 8 aromatic carbocycles. The van der Waals surface area contributed by atoms with Crippen molar-refractivity contribution >= 4 is 38.6 Å². The first-order chi connectivity index (χ1) is 24.7. The summed E-state index contributed by atoms with van der Waals surface area (Å²) in [6.45, 7) is 11.2. The predicted octanol–water partition coefficient (Wildman–Crippen LogP) is 14.4. The molecule has 8 aromatic rings. The first kappa shape index (κ1) is 31.1. The molecule has 0 saturated carbocycles. The van der Waals surface area contributed by atoms with E-state index in [9.17, 15) is 0 Å². The maximum Gasteiger partial charge on any atom is 0.0519 e. The van der Waals surface area contributed by atoms with Crippen LogP contribution in [0.2, 0.25) is 0 Å². The number of hydrogen-bond donors (Lipinski definition) is 0. The molecule has 0 unspecified atom stereocenters. The van der Waals surface area contributed by atoms with Gasteiger partial charge in [-0.2, -0.15) is 0 Å². The van der Waals surface area contributed by atoms with Crippen molar-refractivity contribution in [3.05, 3.63) is 174 Å². The molecule has 0 radical (unpaired) electrons. The standard InChI is InChI=1S/C50H41N/c1-32-10-9-11-33(2)49(32)51(43-23-18-35(19-24-43)34-12-7-6-8-13-34)44-25-20-39-29-46-47-30-40-26-37(36-16-21-42(22-17-36)50(3,4)5)14-15-38(40)28-45(47)48(46)31-41(39)27-44/h6-31H,1-5H3.